The molecule has 130 valence electrons. The molecule has 0 spiro atoms. The zero-order valence-electron chi connectivity index (χ0n) is 14.1. The van der Waals surface area contributed by atoms with Crippen molar-refractivity contribution in [1.29, 1.82) is 0 Å². The number of thioether (sulfide) groups is 1. The molecule has 2 heterocycles. The van der Waals surface area contributed by atoms with E-state index >= 15 is 0 Å². The molecular weight excluding hydrogens is 322 g/mol. The predicted octanol–water partition coefficient (Wildman–Crippen LogP) is 2.69. The summed E-state index contributed by atoms with van der Waals surface area (Å²) in [6.45, 7) is 0. The quantitative estimate of drug-likeness (QED) is 0.807. The number of amides is 1. The first-order valence-corrected chi connectivity index (χ1v) is 9.49. The van der Waals surface area contributed by atoms with Crippen molar-refractivity contribution in [3.8, 4) is 0 Å². The Balaban J connectivity index is 1.33. The van der Waals surface area contributed by atoms with Crippen molar-refractivity contribution in [3.63, 3.8) is 0 Å². The molecule has 24 heavy (non-hydrogen) atoms. The highest BCUT2D eigenvalue weighted by Crippen LogP contribution is 2.32. The van der Waals surface area contributed by atoms with Crippen molar-refractivity contribution in [2.24, 2.45) is 7.05 Å². The number of carbonyl (C=O) groups excluding carboxylic acids is 1. The van der Waals surface area contributed by atoms with Crippen LogP contribution in [0.3, 0.4) is 0 Å². The van der Waals surface area contributed by atoms with Gasteiger partial charge in [-0.1, -0.05) is 11.8 Å². The van der Waals surface area contributed by atoms with Crippen molar-refractivity contribution >= 4 is 17.7 Å². The lowest BCUT2D eigenvalue weighted by molar-refractivity contribution is -0.122. The van der Waals surface area contributed by atoms with Crippen LogP contribution in [0.5, 0.6) is 0 Å². The van der Waals surface area contributed by atoms with Crippen LogP contribution in [0.1, 0.15) is 44.1 Å². The van der Waals surface area contributed by atoms with Crippen molar-refractivity contribution in [2.45, 2.75) is 61.4 Å². The number of hydrogen-bond acceptors (Lipinski definition) is 4. The predicted molar refractivity (Wildman–Crippen MR) is 94.8 cm³/mol. The molecule has 1 saturated carbocycles. The van der Waals surface area contributed by atoms with Gasteiger partial charge in [0.05, 0.1) is 6.20 Å². The average Bonchev–Trinajstić information content (AvgIpc) is 3.22. The van der Waals surface area contributed by atoms with Crippen LogP contribution in [-0.4, -0.2) is 36.9 Å². The standard InChI is InChI=1S/C17H25N5OS/c1-22-10-9-18-17(22)24-15-7-5-14(6-8-15)21-16(23)4-2-3-13-11-19-20-12-13/h9-12,14-15H,2-8H2,1H3,(H,19,20)(H,21,23). The van der Waals surface area contributed by atoms with Crippen LogP contribution in [0.4, 0.5) is 0 Å². The van der Waals surface area contributed by atoms with Gasteiger partial charge in [0.1, 0.15) is 0 Å². The monoisotopic (exact) mass is 347 g/mol. The van der Waals surface area contributed by atoms with E-state index in [0.29, 0.717) is 17.7 Å². The molecule has 1 amide bonds. The molecule has 0 bridgehead atoms. The van der Waals surface area contributed by atoms with Gasteiger partial charge in [-0.2, -0.15) is 5.10 Å². The summed E-state index contributed by atoms with van der Waals surface area (Å²) in [6, 6.07) is 0.338. The Bertz CT molecular complexity index is 631. The van der Waals surface area contributed by atoms with E-state index in [9.17, 15) is 4.79 Å². The van der Waals surface area contributed by atoms with Crippen LogP contribution >= 0.6 is 11.8 Å². The van der Waals surface area contributed by atoms with Gasteiger partial charge in [-0.05, 0) is 44.1 Å². The van der Waals surface area contributed by atoms with Crippen LogP contribution in [-0.2, 0) is 18.3 Å². The van der Waals surface area contributed by atoms with Crippen LogP contribution in [0, 0.1) is 0 Å². The molecular formula is C17H25N5OS. The first-order chi connectivity index (χ1) is 11.7. The van der Waals surface area contributed by atoms with Gasteiger partial charge in [0, 0.05) is 43.4 Å². The van der Waals surface area contributed by atoms with E-state index in [1.807, 2.05) is 43.6 Å². The minimum Gasteiger partial charge on any atom is -0.353 e. The average molecular weight is 347 g/mol. The van der Waals surface area contributed by atoms with Crippen LogP contribution in [0.2, 0.25) is 0 Å². The number of hydrogen-bond donors (Lipinski definition) is 2. The van der Waals surface area contributed by atoms with Gasteiger partial charge >= 0.3 is 0 Å². The molecule has 0 atom stereocenters. The van der Waals surface area contributed by atoms with E-state index in [2.05, 4.69) is 25.1 Å². The maximum atomic E-state index is 12.1. The molecule has 3 rings (SSSR count). The molecule has 0 saturated heterocycles. The third-order valence-electron chi connectivity index (χ3n) is 4.51. The molecule has 2 aromatic rings. The largest absolute Gasteiger partial charge is 0.353 e. The van der Waals surface area contributed by atoms with E-state index in [0.717, 1.165) is 49.2 Å². The highest BCUT2D eigenvalue weighted by Gasteiger charge is 2.23. The summed E-state index contributed by atoms with van der Waals surface area (Å²) in [5.74, 6) is 0.179. The molecule has 1 fully saturated rings. The summed E-state index contributed by atoms with van der Waals surface area (Å²) < 4.78 is 2.07. The van der Waals surface area contributed by atoms with Gasteiger partial charge in [0.25, 0.3) is 0 Å². The van der Waals surface area contributed by atoms with Gasteiger partial charge in [0.15, 0.2) is 5.16 Å². The Labute approximate surface area is 146 Å². The first kappa shape index (κ1) is 17.1. The molecule has 1 aliphatic rings. The van der Waals surface area contributed by atoms with E-state index in [1.165, 1.54) is 0 Å². The number of imidazole rings is 1. The first-order valence-electron chi connectivity index (χ1n) is 8.61. The Morgan fingerprint density at radius 3 is 2.92 bits per heavy atom. The molecule has 2 N–H and O–H groups in total. The summed E-state index contributed by atoms with van der Waals surface area (Å²) in [5, 5.41) is 11.6. The molecule has 0 unspecified atom stereocenters. The maximum absolute atomic E-state index is 12.1. The number of aromatic amines is 1. The van der Waals surface area contributed by atoms with E-state index < -0.39 is 0 Å². The second-order valence-electron chi connectivity index (χ2n) is 6.44. The fraction of sp³-hybridized carbons (Fsp3) is 0.588. The summed E-state index contributed by atoms with van der Waals surface area (Å²) in [5.41, 5.74) is 1.16. The number of carbonyl (C=O) groups is 1. The lowest BCUT2D eigenvalue weighted by Crippen LogP contribution is -2.38. The number of nitrogens with one attached hydrogen (secondary N) is 2. The minimum absolute atomic E-state index is 0.179. The van der Waals surface area contributed by atoms with Crippen LogP contribution in [0.25, 0.3) is 0 Å². The minimum atomic E-state index is 0.179. The fourth-order valence-corrected chi connectivity index (χ4v) is 4.26. The SMILES string of the molecule is Cn1ccnc1SC1CCC(NC(=O)CCCc2cn[nH]c2)CC1. The van der Waals surface area contributed by atoms with Gasteiger partial charge in [-0.3, -0.25) is 9.89 Å². The van der Waals surface area contributed by atoms with Crippen LogP contribution < -0.4 is 5.32 Å². The molecule has 6 nitrogen and oxygen atoms in total. The van der Waals surface area contributed by atoms with Gasteiger partial charge in [0.2, 0.25) is 5.91 Å². The van der Waals surface area contributed by atoms with E-state index in [-0.39, 0.29) is 5.91 Å². The summed E-state index contributed by atoms with van der Waals surface area (Å²) >= 11 is 1.86. The smallest absolute Gasteiger partial charge is 0.220 e. The van der Waals surface area contributed by atoms with Gasteiger partial charge in [-0.15, -0.1) is 0 Å². The van der Waals surface area contributed by atoms with E-state index in [4.69, 9.17) is 0 Å². The van der Waals surface area contributed by atoms with Gasteiger partial charge in [-0.25, -0.2) is 4.98 Å². The number of aryl methyl sites for hydroxylation is 2. The Morgan fingerprint density at radius 2 is 2.25 bits per heavy atom. The molecule has 0 aliphatic heterocycles. The van der Waals surface area contributed by atoms with Crippen molar-refractivity contribution in [2.75, 3.05) is 0 Å². The van der Waals surface area contributed by atoms with E-state index in [1.54, 1.807) is 0 Å². The van der Waals surface area contributed by atoms with Crippen molar-refractivity contribution in [3.05, 3.63) is 30.4 Å². The van der Waals surface area contributed by atoms with Gasteiger partial charge < -0.3 is 9.88 Å². The Kier molecular flexibility index (Phi) is 5.96. The molecule has 7 heteroatoms. The lowest BCUT2D eigenvalue weighted by Gasteiger charge is -2.28. The highest BCUT2D eigenvalue weighted by molar-refractivity contribution is 7.99. The molecule has 1 aliphatic carbocycles. The lowest BCUT2D eigenvalue weighted by atomic mass is 9.95. The van der Waals surface area contributed by atoms with Crippen molar-refractivity contribution < 1.29 is 4.79 Å². The summed E-state index contributed by atoms with van der Waals surface area (Å²) in [7, 11) is 2.03. The molecule has 0 radical (unpaired) electrons. The zero-order chi connectivity index (χ0) is 16.8. The Morgan fingerprint density at radius 1 is 1.42 bits per heavy atom. The third kappa shape index (κ3) is 4.87. The zero-order valence-corrected chi connectivity index (χ0v) is 14.9. The maximum Gasteiger partial charge on any atom is 0.220 e. The van der Waals surface area contributed by atoms with Crippen LogP contribution in [0.15, 0.2) is 29.9 Å². The van der Waals surface area contributed by atoms with Crippen molar-refractivity contribution in [1.82, 2.24) is 25.1 Å². The third-order valence-corrected chi connectivity index (χ3v) is 5.92. The second-order valence-corrected chi connectivity index (χ2v) is 7.71. The molecule has 2 aromatic heterocycles. The Hall–Kier alpha value is -1.76. The fourth-order valence-electron chi connectivity index (χ4n) is 3.11. The number of rotatable bonds is 7. The summed E-state index contributed by atoms with van der Waals surface area (Å²) in [4.78, 5) is 16.5. The summed E-state index contributed by atoms with van der Waals surface area (Å²) in [6.07, 6.45) is 14.3. The topological polar surface area (TPSA) is 75.6 Å². The number of nitrogens with zero attached hydrogens (tertiary/aromatic N) is 3. The number of aromatic nitrogens is 4. The second kappa shape index (κ2) is 8.37. The normalized spacial score (nSPS) is 20.9. The number of H-pyrrole nitrogens is 1. The highest BCUT2D eigenvalue weighted by atomic mass is 32.2. The molecule has 0 aromatic carbocycles.